The fourth-order valence-electron chi connectivity index (χ4n) is 4.13. The molecule has 0 saturated heterocycles. The van der Waals surface area contributed by atoms with E-state index in [9.17, 15) is 15.0 Å². The van der Waals surface area contributed by atoms with Crippen molar-refractivity contribution in [3.63, 3.8) is 0 Å². The smallest absolute Gasteiger partial charge is 0.340 e. The number of carbonyl (C=O) groups is 1. The fourth-order valence-corrected chi connectivity index (χ4v) is 4.95. The lowest BCUT2D eigenvalue weighted by Gasteiger charge is -2.39. The Labute approximate surface area is 195 Å². The van der Waals surface area contributed by atoms with Gasteiger partial charge in [-0.2, -0.15) is 0 Å². The molecule has 0 aromatic heterocycles. The molecule has 0 saturated carbocycles. The molecule has 31 heavy (non-hydrogen) atoms. The van der Waals surface area contributed by atoms with Crippen molar-refractivity contribution in [1.82, 2.24) is 0 Å². The number of halogens is 3. The van der Waals surface area contributed by atoms with Gasteiger partial charge in [0.05, 0.1) is 15.6 Å². The van der Waals surface area contributed by atoms with Crippen molar-refractivity contribution in [3.8, 4) is 11.5 Å². The molecule has 0 spiro atoms. The summed E-state index contributed by atoms with van der Waals surface area (Å²) >= 11 is 16.0. The van der Waals surface area contributed by atoms with Gasteiger partial charge in [0.2, 0.25) is 0 Å². The van der Waals surface area contributed by atoms with Gasteiger partial charge < -0.3 is 14.9 Å². The van der Waals surface area contributed by atoms with E-state index < -0.39 is 11.6 Å². The fraction of sp³-hybridized carbons (Fsp3) is 0.0417. The second kappa shape index (κ2) is 7.16. The van der Waals surface area contributed by atoms with Crippen molar-refractivity contribution in [2.75, 3.05) is 0 Å². The van der Waals surface area contributed by atoms with Gasteiger partial charge in [-0.05, 0) is 41.8 Å². The Bertz CT molecular complexity index is 1350. The Morgan fingerprint density at radius 2 is 1.45 bits per heavy atom. The second-order valence-corrected chi connectivity index (χ2v) is 8.89. The number of phenols is 2. The molecule has 4 aromatic rings. The predicted octanol–water partition coefficient (Wildman–Crippen LogP) is 6.78. The highest BCUT2D eigenvalue weighted by Crippen LogP contribution is 2.50. The van der Waals surface area contributed by atoms with E-state index in [0.29, 0.717) is 22.3 Å². The van der Waals surface area contributed by atoms with E-state index in [1.165, 1.54) is 12.1 Å². The van der Waals surface area contributed by atoms with Crippen LogP contribution in [0.5, 0.6) is 11.5 Å². The van der Waals surface area contributed by atoms with Crippen molar-refractivity contribution in [1.29, 1.82) is 0 Å². The lowest BCUT2D eigenvalue weighted by Crippen LogP contribution is -2.38. The zero-order valence-corrected chi connectivity index (χ0v) is 18.8. The van der Waals surface area contributed by atoms with Gasteiger partial charge in [0, 0.05) is 26.5 Å². The third-order valence-electron chi connectivity index (χ3n) is 5.54. The summed E-state index contributed by atoms with van der Waals surface area (Å²) in [6.07, 6.45) is 0. The summed E-state index contributed by atoms with van der Waals surface area (Å²) < 4.78 is 6.99. The van der Waals surface area contributed by atoms with Crippen LogP contribution < -0.4 is 0 Å². The second-order valence-electron chi connectivity index (χ2n) is 7.23. The summed E-state index contributed by atoms with van der Waals surface area (Å²) in [6.45, 7) is 0. The number of carbonyl (C=O) groups excluding carboxylic acids is 1. The number of hydrogen-bond acceptors (Lipinski definition) is 4. The number of cyclic esters (lactones) is 1. The van der Waals surface area contributed by atoms with Gasteiger partial charge in [0.25, 0.3) is 0 Å². The van der Waals surface area contributed by atoms with E-state index in [4.69, 9.17) is 27.9 Å². The summed E-state index contributed by atoms with van der Waals surface area (Å²) in [5.74, 6) is -0.690. The molecule has 0 bridgehead atoms. The zero-order chi connectivity index (χ0) is 21.9. The third kappa shape index (κ3) is 2.92. The highest BCUT2D eigenvalue weighted by Gasteiger charge is 2.46. The van der Waals surface area contributed by atoms with Gasteiger partial charge in [0.15, 0.2) is 5.60 Å². The lowest BCUT2D eigenvalue weighted by molar-refractivity contribution is 0.0125. The lowest BCUT2D eigenvalue weighted by atomic mass is 9.75. The van der Waals surface area contributed by atoms with Gasteiger partial charge in [-0.25, -0.2) is 4.79 Å². The molecule has 0 amide bonds. The van der Waals surface area contributed by atoms with Crippen LogP contribution in [0.25, 0.3) is 10.8 Å². The normalized spacial score (nSPS) is 14.5. The van der Waals surface area contributed by atoms with Crippen molar-refractivity contribution >= 4 is 55.9 Å². The molecule has 0 aliphatic carbocycles. The first-order chi connectivity index (χ1) is 14.8. The maximum absolute atomic E-state index is 13.2. The van der Waals surface area contributed by atoms with Crippen molar-refractivity contribution in [2.45, 2.75) is 5.60 Å². The molecule has 5 rings (SSSR count). The summed E-state index contributed by atoms with van der Waals surface area (Å²) in [7, 11) is 0. The summed E-state index contributed by atoms with van der Waals surface area (Å²) in [5, 5.41) is 21.8. The van der Waals surface area contributed by atoms with Gasteiger partial charge in [-0.3, -0.25) is 0 Å². The first-order valence-electron chi connectivity index (χ1n) is 9.26. The van der Waals surface area contributed by atoms with Crippen LogP contribution in [0.4, 0.5) is 0 Å². The number of ether oxygens (including phenoxy) is 1. The van der Waals surface area contributed by atoms with Crippen molar-refractivity contribution in [2.24, 2.45) is 0 Å². The summed E-state index contributed by atoms with van der Waals surface area (Å²) in [4.78, 5) is 13.2. The molecule has 0 radical (unpaired) electrons. The predicted molar refractivity (Wildman–Crippen MR) is 123 cm³/mol. The SMILES string of the molecule is O=C1OC(c2ccc(O)c(Cl)c2)(c2ccc(O)c(Cl)c2)c2ccc(Br)c3cccc1c23. The van der Waals surface area contributed by atoms with Crippen LogP contribution in [-0.2, 0) is 10.3 Å². The Balaban J connectivity index is 1.96. The highest BCUT2D eigenvalue weighted by molar-refractivity contribution is 9.10. The van der Waals surface area contributed by atoms with Gasteiger partial charge in [-0.1, -0.05) is 69.5 Å². The van der Waals surface area contributed by atoms with E-state index in [-0.39, 0.29) is 21.5 Å². The number of aromatic hydroxyl groups is 2. The Morgan fingerprint density at radius 3 is 2.03 bits per heavy atom. The molecule has 4 nitrogen and oxygen atoms in total. The minimum Gasteiger partial charge on any atom is -0.506 e. The Morgan fingerprint density at radius 1 is 0.839 bits per heavy atom. The first-order valence-corrected chi connectivity index (χ1v) is 10.8. The average Bonchev–Trinajstić information content (AvgIpc) is 2.76. The van der Waals surface area contributed by atoms with E-state index in [0.717, 1.165) is 15.2 Å². The molecule has 1 heterocycles. The van der Waals surface area contributed by atoms with Crippen LogP contribution in [0.3, 0.4) is 0 Å². The Hall–Kier alpha value is -2.73. The summed E-state index contributed by atoms with van der Waals surface area (Å²) in [6, 6.07) is 18.5. The highest BCUT2D eigenvalue weighted by atomic mass is 79.9. The van der Waals surface area contributed by atoms with Gasteiger partial charge in [-0.15, -0.1) is 0 Å². The molecular weight excluding hydrogens is 503 g/mol. The standard InChI is InChI=1S/C24H13BrCl2O4/c25-17-7-6-16-22-14(17)2-1-3-15(22)23(30)31-24(16,12-4-8-20(28)18(26)10-12)13-5-9-21(29)19(27)11-13/h1-11,28-29H. The minimum absolute atomic E-state index is 0.0900. The number of rotatable bonds is 2. The first kappa shape index (κ1) is 20.2. The van der Waals surface area contributed by atoms with Crippen LogP contribution in [0.1, 0.15) is 27.0 Å². The van der Waals surface area contributed by atoms with Crippen LogP contribution in [0.2, 0.25) is 10.0 Å². The quantitative estimate of drug-likeness (QED) is 0.289. The third-order valence-corrected chi connectivity index (χ3v) is 6.84. The van der Waals surface area contributed by atoms with E-state index >= 15 is 0 Å². The van der Waals surface area contributed by atoms with E-state index in [1.54, 1.807) is 36.4 Å². The molecule has 2 N–H and O–H groups in total. The number of hydrogen-bond donors (Lipinski definition) is 2. The molecule has 0 fully saturated rings. The topological polar surface area (TPSA) is 66.8 Å². The molecule has 7 heteroatoms. The largest absolute Gasteiger partial charge is 0.506 e. The zero-order valence-electron chi connectivity index (χ0n) is 15.7. The molecule has 1 aliphatic heterocycles. The van der Waals surface area contributed by atoms with E-state index in [2.05, 4.69) is 15.9 Å². The number of benzene rings is 4. The molecule has 154 valence electrons. The molecule has 4 aromatic carbocycles. The van der Waals surface area contributed by atoms with Gasteiger partial charge >= 0.3 is 5.97 Å². The van der Waals surface area contributed by atoms with Crippen LogP contribution in [0.15, 0.2) is 71.2 Å². The number of phenolic OH excluding ortho intramolecular Hbond substituents is 2. The molecule has 1 aliphatic rings. The minimum atomic E-state index is -1.40. The monoisotopic (exact) mass is 514 g/mol. The van der Waals surface area contributed by atoms with Crippen LogP contribution in [0, 0.1) is 0 Å². The average molecular weight is 516 g/mol. The van der Waals surface area contributed by atoms with Gasteiger partial charge in [0.1, 0.15) is 11.5 Å². The maximum atomic E-state index is 13.2. The number of esters is 1. The molecule has 0 atom stereocenters. The van der Waals surface area contributed by atoms with Crippen molar-refractivity contribution < 1.29 is 19.7 Å². The van der Waals surface area contributed by atoms with Crippen molar-refractivity contribution in [3.05, 3.63) is 104 Å². The van der Waals surface area contributed by atoms with E-state index in [1.807, 2.05) is 18.2 Å². The molecule has 0 unspecified atom stereocenters. The van der Waals surface area contributed by atoms with Crippen LogP contribution in [-0.4, -0.2) is 16.2 Å². The summed E-state index contributed by atoms with van der Waals surface area (Å²) in [5.41, 5.74) is 0.814. The molecular formula is C24H13BrCl2O4. The maximum Gasteiger partial charge on any atom is 0.340 e. The van der Waals surface area contributed by atoms with Crippen LogP contribution >= 0.6 is 39.1 Å². The Kier molecular flexibility index (Phi) is 4.66.